The maximum absolute atomic E-state index is 13.2. The fraction of sp³-hybridized carbons (Fsp3) is 0.481. The second kappa shape index (κ2) is 9.77. The molecular weight excluding hydrogens is 440 g/mol. The highest BCUT2D eigenvalue weighted by molar-refractivity contribution is 5.83. The summed E-state index contributed by atoms with van der Waals surface area (Å²) >= 11 is 0. The van der Waals surface area contributed by atoms with Crippen molar-refractivity contribution in [3.05, 3.63) is 75.2 Å². The number of hydrogen-bond acceptors (Lipinski definition) is 6. The van der Waals surface area contributed by atoms with Gasteiger partial charge in [-0.1, -0.05) is 32.8 Å². The van der Waals surface area contributed by atoms with Crippen LogP contribution in [-0.2, 0) is 13.1 Å². The zero-order valence-corrected chi connectivity index (χ0v) is 21.0. The number of aromatic nitrogens is 5. The van der Waals surface area contributed by atoms with Crippen molar-refractivity contribution in [2.24, 2.45) is 5.92 Å². The van der Waals surface area contributed by atoms with Gasteiger partial charge in [-0.05, 0) is 78.4 Å². The standard InChI is InChI=1S/C27H34N6O2/c1-17(2)25(26-29-30-31-33(26)16-22-10-7-11-35-22)32(21-8-5-6-9-21)15-20-14-23-19(4)12-18(3)13-24(23)28-27(20)34/h7,10-14,17,21,25H,5-6,8-9,15-16H2,1-4H3,(H,28,34)/t25-/m1/s1. The molecule has 1 aliphatic rings. The average Bonchev–Trinajstić information content (AvgIpc) is 3.58. The van der Waals surface area contributed by atoms with E-state index < -0.39 is 0 Å². The van der Waals surface area contributed by atoms with Gasteiger partial charge in [-0.15, -0.1) is 5.10 Å². The second-order valence-electron chi connectivity index (χ2n) is 10.2. The Bertz CT molecular complexity index is 1350. The highest BCUT2D eigenvalue weighted by Crippen LogP contribution is 2.36. The van der Waals surface area contributed by atoms with Crippen molar-refractivity contribution < 1.29 is 4.42 Å². The summed E-state index contributed by atoms with van der Waals surface area (Å²) < 4.78 is 7.40. The molecule has 8 heteroatoms. The third-order valence-corrected chi connectivity index (χ3v) is 7.23. The van der Waals surface area contributed by atoms with Crippen LogP contribution in [0.5, 0.6) is 0 Å². The van der Waals surface area contributed by atoms with Crippen molar-refractivity contribution in [3.63, 3.8) is 0 Å². The summed E-state index contributed by atoms with van der Waals surface area (Å²) in [4.78, 5) is 18.8. The fourth-order valence-corrected chi connectivity index (χ4v) is 5.64. The lowest BCUT2D eigenvalue weighted by molar-refractivity contribution is 0.0842. The van der Waals surface area contributed by atoms with Crippen LogP contribution in [-0.4, -0.2) is 36.1 Å². The highest BCUT2D eigenvalue weighted by atomic mass is 16.3. The van der Waals surface area contributed by atoms with E-state index in [1.165, 1.54) is 18.4 Å². The predicted molar refractivity (Wildman–Crippen MR) is 135 cm³/mol. The van der Waals surface area contributed by atoms with Gasteiger partial charge in [0.15, 0.2) is 5.82 Å². The molecule has 0 saturated heterocycles. The topological polar surface area (TPSA) is 92.8 Å². The van der Waals surface area contributed by atoms with Crippen LogP contribution < -0.4 is 5.56 Å². The molecule has 5 rings (SSSR count). The Morgan fingerprint density at radius 2 is 2.00 bits per heavy atom. The number of aryl methyl sites for hydroxylation is 2. The number of aromatic amines is 1. The maximum Gasteiger partial charge on any atom is 0.252 e. The van der Waals surface area contributed by atoms with Crippen molar-refractivity contribution in [1.29, 1.82) is 0 Å². The summed E-state index contributed by atoms with van der Waals surface area (Å²) in [5.41, 5.74) is 3.98. The van der Waals surface area contributed by atoms with Crippen molar-refractivity contribution >= 4 is 10.9 Å². The monoisotopic (exact) mass is 474 g/mol. The summed E-state index contributed by atoms with van der Waals surface area (Å²) in [5, 5.41) is 13.9. The lowest BCUT2D eigenvalue weighted by Crippen LogP contribution is -2.41. The largest absolute Gasteiger partial charge is 0.467 e. The first-order valence-electron chi connectivity index (χ1n) is 12.6. The van der Waals surface area contributed by atoms with E-state index in [-0.39, 0.29) is 17.5 Å². The van der Waals surface area contributed by atoms with Crippen LogP contribution in [0.1, 0.15) is 73.8 Å². The molecule has 1 aliphatic carbocycles. The minimum atomic E-state index is -0.0303. The molecule has 0 spiro atoms. The molecule has 0 unspecified atom stereocenters. The van der Waals surface area contributed by atoms with Gasteiger partial charge in [-0.2, -0.15) is 0 Å². The zero-order valence-electron chi connectivity index (χ0n) is 21.0. The number of rotatable bonds is 8. The average molecular weight is 475 g/mol. The van der Waals surface area contributed by atoms with Crippen LogP contribution >= 0.6 is 0 Å². The van der Waals surface area contributed by atoms with E-state index >= 15 is 0 Å². The number of pyridine rings is 1. The van der Waals surface area contributed by atoms with E-state index in [0.717, 1.165) is 46.5 Å². The lowest BCUT2D eigenvalue weighted by Gasteiger charge is -2.37. The normalized spacial score (nSPS) is 15.6. The molecule has 184 valence electrons. The Hall–Kier alpha value is -3.26. The van der Waals surface area contributed by atoms with Gasteiger partial charge in [0, 0.05) is 29.1 Å². The number of hydrogen-bond donors (Lipinski definition) is 1. The lowest BCUT2D eigenvalue weighted by atomic mass is 9.97. The molecule has 4 aromatic rings. The molecule has 3 aromatic heterocycles. The van der Waals surface area contributed by atoms with Crippen LogP contribution in [0.25, 0.3) is 10.9 Å². The quantitative estimate of drug-likeness (QED) is 0.390. The Kier molecular flexibility index (Phi) is 6.56. The van der Waals surface area contributed by atoms with Crippen molar-refractivity contribution in [2.45, 2.75) is 78.6 Å². The molecule has 0 amide bonds. The van der Waals surface area contributed by atoms with Crippen LogP contribution in [0.2, 0.25) is 0 Å². The van der Waals surface area contributed by atoms with E-state index in [1.54, 1.807) is 6.26 Å². The second-order valence-corrected chi connectivity index (χ2v) is 10.2. The minimum Gasteiger partial charge on any atom is -0.467 e. The number of H-pyrrole nitrogens is 1. The zero-order chi connectivity index (χ0) is 24.5. The van der Waals surface area contributed by atoms with E-state index in [0.29, 0.717) is 19.1 Å². The summed E-state index contributed by atoms with van der Waals surface area (Å²) in [7, 11) is 0. The van der Waals surface area contributed by atoms with Gasteiger partial charge in [0.1, 0.15) is 12.3 Å². The Labute approximate surface area is 205 Å². The van der Waals surface area contributed by atoms with Crippen LogP contribution in [0, 0.1) is 19.8 Å². The van der Waals surface area contributed by atoms with Gasteiger partial charge < -0.3 is 9.40 Å². The van der Waals surface area contributed by atoms with Crippen molar-refractivity contribution in [1.82, 2.24) is 30.1 Å². The molecule has 3 heterocycles. The van der Waals surface area contributed by atoms with Gasteiger partial charge in [0.2, 0.25) is 0 Å². The van der Waals surface area contributed by atoms with Gasteiger partial charge in [0.25, 0.3) is 5.56 Å². The smallest absolute Gasteiger partial charge is 0.252 e. The van der Waals surface area contributed by atoms with Crippen LogP contribution in [0.4, 0.5) is 0 Å². The third kappa shape index (κ3) is 4.80. The third-order valence-electron chi connectivity index (χ3n) is 7.23. The number of nitrogens with zero attached hydrogens (tertiary/aromatic N) is 5. The molecule has 1 atom stereocenters. The molecule has 0 bridgehead atoms. The SMILES string of the molecule is Cc1cc(C)c2cc(CN(C3CCCC3)[C@@H](c3nnnn3Cc3ccco3)C(C)C)c(=O)[nH]c2c1. The van der Waals surface area contributed by atoms with E-state index in [9.17, 15) is 4.79 Å². The van der Waals surface area contributed by atoms with Gasteiger partial charge in [0.05, 0.1) is 12.3 Å². The van der Waals surface area contributed by atoms with Crippen LogP contribution in [0.15, 0.2) is 45.8 Å². The summed E-state index contributed by atoms with van der Waals surface area (Å²) in [5.74, 6) is 1.87. The van der Waals surface area contributed by atoms with E-state index in [2.05, 4.69) is 65.2 Å². The molecule has 1 saturated carbocycles. The number of benzene rings is 1. The first kappa shape index (κ1) is 23.5. The molecule has 8 nitrogen and oxygen atoms in total. The fourth-order valence-electron chi connectivity index (χ4n) is 5.64. The number of nitrogens with one attached hydrogen (secondary N) is 1. The Morgan fingerprint density at radius 3 is 2.71 bits per heavy atom. The van der Waals surface area contributed by atoms with Crippen LogP contribution in [0.3, 0.4) is 0 Å². The molecule has 35 heavy (non-hydrogen) atoms. The molecular formula is C27H34N6O2. The Morgan fingerprint density at radius 1 is 1.20 bits per heavy atom. The molecule has 1 fully saturated rings. The van der Waals surface area contributed by atoms with E-state index in [4.69, 9.17) is 4.42 Å². The first-order chi connectivity index (χ1) is 16.9. The molecule has 0 aliphatic heterocycles. The summed E-state index contributed by atoms with van der Waals surface area (Å²) in [6, 6.07) is 10.4. The van der Waals surface area contributed by atoms with Gasteiger partial charge >= 0.3 is 0 Å². The molecule has 0 radical (unpaired) electrons. The maximum atomic E-state index is 13.2. The summed E-state index contributed by atoms with van der Waals surface area (Å²) in [6.07, 6.45) is 6.31. The number of fused-ring (bicyclic) bond motifs is 1. The van der Waals surface area contributed by atoms with Gasteiger partial charge in [-0.3, -0.25) is 9.69 Å². The number of furan rings is 1. The highest BCUT2D eigenvalue weighted by Gasteiger charge is 2.35. The summed E-state index contributed by atoms with van der Waals surface area (Å²) in [6.45, 7) is 9.60. The Balaban J connectivity index is 1.55. The predicted octanol–water partition coefficient (Wildman–Crippen LogP) is 4.91. The van der Waals surface area contributed by atoms with Crippen molar-refractivity contribution in [3.8, 4) is 0 Å². The van der Waals surface area contributed by atoms with Gasteiger partial charge in [-0.25, -0.2) is 4.68 Å². The number of tetrazole rings is 1. The first-order valence-corrected chi connectivity index (χ1v) is 12.6. The van der Waals surface area contributed by atoms with E-state index in [1.807, 2.05) is 22.9 Å². The molecule has 1 N–H and O–H groups in total. The minimum absolute atomic E-state index is 0.0248. The molecule has 1 aromatic carbocycles. The van der Waals surface area contributed by atoms with Crippen molar-refractivity contribution in [2.75, 3.05) is 0 Å².